The molecule has 54 heavy (non-hydrogen) atoms. The van der Waals surface area contributed by atoms with Crippen LogP contribution in [0.5, 0.6) is 11.5 Å². The van der Waals surface area contributed by atoms with Crippen molar-refractivity contribution in [3.05, 3.63) is 144 Å². The molecule has 272 valence electrons. The molecule has 0 aliphatic carbocycles. The van der Waals surface area contributed by atoms with Gasteiger partial charge in [0.1, 0.15) is 23.1 Å². The van der Waals surface area contributed by atoms with E-state index in [0.717, 1.165) is 49.9 Å². The van der Waals surface area contributed by atoms with Crippen molar-refractivity contribution in [3.63, 3.8) is 0 Å². The quantitative estimate of drug-likeness (QED) is 0.132. The molecule has 7 heteroatoms. The van der Waals surface area contributed by atoms with Crippen LogP contribution in [0.1, 0.15) is 79.0 Å². The lowest BCUT2D eigenvalue weighted by Crippen LogP contribution is -2.31. The van der Waals surface area contributed by atoms with E-state index in [0.29, 0.717) is 17.3 Å². The zero-order valence-corrected chi connectivity index (χ0v) is 32.5. The molecule has 8 rings (SSSR count). The fourth-order valence-corrected chi connectivity index (χ4v) is 7.04. The number of fused-ring (bicyclic) bond motifs is 4. The van der Waals surface area contributed by atoms with E-state index >= 15 is 0 Å². The van der Waals surface area contributed by atoms with Crippen LogP contribution in [-0.2, 0) is 16.2 Å². The minimum absolute atomic E-state index is 0.0251. The van der Waals surface area contributed by atoms with Gasteiger partial charge in [0.05, 0.1) is 27.8 Å². The summed E-state index contributed by atoms with van der Waals surface area (Å²) in [6, 6.07) is 34.0. The van der Waals surface area contributed by atoms with E-state index < -0.39 is 0 Å². The lowest BCUT2D eigenvalue weighted by Gasteiger charge is -2.26. The van der Waals surface area contributed by atoms with Crippen LogP contribution in [0.4, 0.5) is 4.39 Å². The Kier molecular flexibility index (Phi) is 8.25. The van der Waals surface area contributed by atoms with Gasteiger partial charge in [0.15, 0.2) is 5.82 Å². The highest BCUT2D eigenvalue weighted by Gasteiger charge is 2.23. The predicted molar refractivity (Wildman–Crippen MR) is 216 cm³/mol. The fraction of sp³-hybridized carbons (Fsp3) is 0.255. The first kappa shape index (κ1) is 35.2. The van der Waals surface area contributed by atoms with Crippen LogP contribution in [-0.4, -0.2) is 19.1 Å². The molecule has 4 heterocycles. The lowest BCUT2D eigenvalue weighted by atomic mass is 9.80. The van der Waals surface area contributed by atoms with Gasteiger partial charge in [0.25, 0.3) is 6.33 Å². The van der Waals surface area contributed by atoms with Gasteiger partial charge in [-0.05, 0) is 93.6 Å². The number of rotatable bonds is 5. The van der Waals surface area contributed by atoms with Gasteiger partial charge in [-0.25, -0.2) is 9.37 Å². The number of hydrogen-bond acceptors (Lipinski definition) is 3. The van der Waals surface area contributed by atoms with Crippen LogP contribution < -0.4 is 9.30 Å². The third kappa shape index (κ3) is 6.42. The van der Waals surface area contributed by atoms with E-state index in [9.17, 15) is 4.39 Å². The van der Waals surface area contributed by atoms with Gasteiger partial charge < -0.3 is 4.74 Å². The highest BCUT2D eigenvalue weighted by atomic mass is 19.1. The van der Waals surface area contributed by atoms with E-state index in [1.54, 1.807) is 12.3 Å². The molecule has 0 bridgehead atoms. The van der Waals surface area contributed by atoms with Crippen molar-refractivity contribution in [1.29, 1.82) is 0 Å². The lowest BCUT2D eigenvalue weighted by molar-refractivity contribution is -0.572. The van der Waals surface area contributed by atoms with Crippen molar-refractivity contribution in [2.24, 2.45) is 0 Å². The van der Waals surface area contributed by atoms with Crippen LogP contribution in [0, 0.1) is 12.1 Å². The van der Waals surface area contributed by atoms with Gasteiger partial charge in [-0.1, -0.05) is 92.6 Å². The van der Waals surface area contributed by atoms with Crippen molar-refractivity contribution in [3.8, 4) is 28.8 Å². The second-order valence-corrected chi connectivity index (χ2v) is 17.3. The van der Waals surface area contributed by atoms with Crippen molar-refractivity contribution >= 4 is 32.8 Å². The molecule has 0 aliphatic rings. The Labute approximate surface area is 316 Å². The number of para-hydroxylation sites is 2. The number of ether oxygens (including phenoxy) is 1. The number of nitrogens with zero attached hydrogens (tertiary/aromatic N) is 5. The van der Waals surface area contributed by atoms with Crippen LogP contribution in [0.25, 0.3) is 50.2 Å². The third-order valence-electron chi connectivity index (χ3n) is 10.2. The minimum Gasteiger partial charge on any atom is -0.458 e. The number of halogens is 1. The second kappa shape index (κ2) is 12.7. The fourth-order valence-electron chi connectivity index (χ4n) is 7.04. The molecule has 8 aromatic rings. The predicted octanol–water partition coefficient (Wildman–Crippen LogP) is 11.4. The maximum atomic E-state index is 14.6. The molecule has 0 saturated heterocycles. The van der Waals surface area contributed by atoms with Crippen molar-refractivity contribution < 1.29 is 13.7 Å². The summed E-state index contributed by atoms with van der Waals surface area (Å²) in [7, 11) is 0. The first-order valence-electron chi connectivity index (χ1n) is 18.5. The summed E-state index contributed by atoms with van der Waals surface area (Å²) in [5.41, 5.74) is 8.39. The minimum atomic E-state index is -0.283. The summed E-state index contributed by atoms with van der Waals surface area (Å²) < 4.78 is 27.4. The van der Waals surface area contributed by atoms with Gasteiger partial charge in [0.2, 0.25) is 0 Å². The average molecular weight is 716 g/mol. The zero-order valence-electron chi connectivity index (χ0n) is 32.5. The van der Waals surface area contributed by atoms with E-state index in [2.05, 4.69) is 120 Å². The summed E-state index contributed by atoms with van der Waals surface area (Å²) in [5.74, 6) is 2.43. The monoisotopic (exact) mass is 715 g/mol. The number of aromatic nitrogens is 5. The van der Waals surface area contributed by atoms with Crippen molar-refractivity contribution in [2.75, 3.05) is 0 Å². The standard InChI is InChI=1S/C47H46FN5O/c1-45(2,3)30-18-20-50-44(25-30)53-39-17-14-33(48)26-38(39)37-16-15-35(27-42(37)53)54-36-19-21-49-43(28-36)52-29-51(40-12-10-11-13-41(40)52)34-23-31(46(4,5)6)22-32(24-34)47(7,8)9/h10-28H,1-9H3. The van der Waals surface area contributed by atoms with Crippen LogP contribution in [0.3, 0.4) is 0 Å². The Balaban J connectivity index is 1.22. The van der Waals surface area contributed by atoms with Crippen molar-refractivity contribution in [2.45, 2.75) is 78.6 Å². The number of pyridine rings is 2. The Bertz CT molecular complexity index is 2680. The molecular weight excluding hydrogens is 670 g/mol. The van der Waals surface area contributed by atoms with Crippen LogP contribution in [0.15, 0.2) is 116 Å². The highest BCUT2D eigenvalue weighted by molar-refractivity contribution is 6.09. The molecule has 0 unspecified atom stereocenters. The summed E-state index contributed by atoms with van der Waals surface area (Å²) >= 11 is 0. The smallest absolute Gasteiger partial charge is 0.271 e. The average Bonchev–Trinajstić information content (AvgIpc) is 3.66. The Morgan fingerprint density at radius 1 is 0.574 bits per heavy atom. The number of benzene rings is 4. The zero-order chi connectivity index (χ0) is 38.2. The normalized spacial score (nSPS) is 12.6. The van der Waals surface area contributed by atoms with E-state index in [1.165, 1.54) is 17.2 Å². The first-order chi connectivity index (χ1) is 25.5. The van der Waals surface area contributed by atoms with E-state index in [-0.39, 0.29) is 22.1 Å². The first-order valence-corrected chi connectivity index (χ1v) is 18.5. The summed E-state index contributed by atoms with van der Waals surface area (Å²) in [6.45, 7) is 20.1. The Morgan fingerprint density at radius 3 is 1.96 bits per heavy atom. The van der Waals surface area contributed by atoms with Gasteiger partial charge in [-0.15, -0.1) is 0 Å². The molecule has 0 N–H and O–H groups in total. The summed E-state index contributed by atoms with van der Waals surface area (Å²) in [4.78, 5) is 9.55. The number of imidazole rings is 1. The van der Waals surface area contributed by atoms with Crippen LogP contribution in [0.2, 0.25) is 0 Å². The Hall–Kier alpha value is -5.82. The number of hydrogen-bond donors (Lipinski definition) is 0. The summed E-state index contributed by atoms with van der Waals surface area (Å²) in [5, 5.41) is 1.73. The van der Waals surface area contributed by atoms with Crippen LogP contribution >= 0.6 is 0 Å². The summed E-state index contributed by atoms with van der Waals surface area (Å²) in [6.07, 6.45) is 7.23. The maximum Gasteiger partial charge on any atom is 0.271 e. The molecule has 0 saturated carbocycles. The second-order valence-electron chi connectivity index (χ2n) is 17.3. The van der Waals surface area contributed by atoms with Gasteiger partial charge in [-0.3, -0.25) is 18.7 Å². The molecule has 0 radical (unpaired) electrons. The molecule has 0 fully saturated rings. The maximum absolute atomic E-state index is 14.6. The molecule has 0 aliphatic heterocycles. The molecular formula is C47H46FN5O. The largest absolute Gasteiger partial charge is 0.458 e. The molecule has 0 amide bonds. The highest BCUT2D eigenvalue weighted by Crippen LogP contribution is 2.37. The molecule has 6 nitrogen and oxygen atoms in total. The molecule has 0 atom stereocenters. The molecule has 4 aromatic carbocycles. The van der Waals surface area contributed by atoms with Gasteiger partial charge in [-0.2, -0.15) is 0 Å². The van der Waals surface area contributed by atoms with Gasteiger partial charge in [0, 0.05) is 35.3 Å². The topological polar surface area (TPSA) is 48.8 Å². The van der Waals surface area contributed by atoms with E-state index in [4.69, 9.17) is 14.7 Å². The Morgan fingerprint density at radius 2 is 1.24 bits per heavy atom. The molecule has 0 spiro atoms. The van der Waals surface area contributed by atoms with E-state index in [1.807, 2.05) is 59.3 Å². The molecule has 4 aromatic heterocycles. The third-order valence-corrected chi connectivity index (χ3v) is 10.2. The van der Waals surface area contributed by atoms with Crippen molar-refractivity contribution in [1.82, 2.24) is 19.1 Å². The SMILES string of the molecule is CC(C)(C)c1cc(-[n+]2[c-]n(-c3cc(Oc4ccc5c6cc(F)ccc6n(-c6cc(C(C)(C)C)ccn6)c5c4)ccn3)c3ccccc32)cc(C(C)(C)C)c1. The van der Waals surface area contributed by atoms with Gasteiger partial charge >= 0.3 is 0 Å².